The van der Waals surface area contributed by atoms with Crippen molar-refractivity contribution in [3.8, 4) is 0 Å². The van der Waals surface area contributed by atoms with Crippen molar-refractivity contribution in [2.24, 2.45) is 0 Å². The summed E-state index contributed by atoms with van der Waals surface area (Å²) in [5.74, 6) is -0.452. The predicted molar refractivity (Wildman–Crippen MR) is 116 cm³/mol. The summed E-state index contributed by atoms with van der Waals surface area (Å²) >= 11 is 0. The molecule has 30 heavy (non-hydrogen) atoms. The van der Waals surface area contributed by atoms with Gasteiger partial charge in [0.1, 0.15) is 5.60 Å². The number of alkyl carbamates (subject to hydrolysis) is 1. The number of hydrogen-bond donors (Lipinski definition) is 4. The number of nitrogens with one attached hydrogen (secondary N) is 3. The lowest BCUT2D eigenvalue weighted by molar-refractivity contribution is -0.116. The van der Waals surface area contributed by atoms with Crippen molar-refractivity contribution in [3.05, 3.63) is 59.7 Å². The molecule has 2 aromatic carbocycles. The minimum atomic E-state index is -0.587. The number of carbonyl (C=O) groups is 3. The number of benzene rings is 2. The maximum atomic E-state index is 12.2. The van der Waals surface area contributed by atoms with Gasteiger partial charge >= 0.3 is 6.09 Å². The molecule has 8 heteroatoms. The summed E-state index contributed by atoms with van der Waals surface area (Å²) < 4.78 is 5.12. The van der Waals surface area contributed by atoms with Crippen molar-refractivity contribution in [3.63, 3.8) is 0 Å². The number of nitrogen functional groups attached to an aromatic ring is 1. The lowest BCUT2D eigenvalue weighted by atomic mass is 10.1. The van der Waals surface area contributed by atoms with Gasteiger partial charge in [0.2, 0.25) is 5.91 Å². The van der Waals surface area contributed by atoms with Gasteiger partial charge in [0.15, 0.2) is 0 Å². The lowest BCUT2D eigenvalue weighted by Crippen LogP contribution is -2.34. The van der Waals surface area contributed by atoms with Gasteiger partial charge in [-0.15, -0.1) is 0 Å². The van der Waals surface area contributed by atoms with Gasteiger partial charge in [-0.25, -0.2) is 4.79 Å². The quantitative estimate of drug-likeness (QED) is 0.521. The Morgan fingerprint density at radius 1 is 1.00 bits per heavy atom. The third kappa shape index (κ3) is 8.22. The molecule has 0 aliphatic rings. The van der Waals surface area contributed by atoms with Gasteiger partial charge in [-0.1, -0.05) is 12.1 Å². The van der Waals surface area contributed by atoms with Crippen molar-refractivity contribution < 1.29 is 19.1 Å². The summed E-state index contributed by atoms with van der Waals surface area (Å²) in [4.78, 5) is 35.9. The van der Waals surface area contributed by atoms with E-state index in [-0.39, 0.29) is 24.8 Å². The highest BCUT2D eigenvalue weighted by Gasteiger charge is 2.16. The summed E-state index contributed by atoms with van der Waals surface area (Å²) in [7, 11) is 0. The third-order valence-electron chi connectivity index (χ3n) is 3.86. The van der Waals surface area contributed by atoms with Crippen LogP contribution in [0.3, 0.4) is 0 Å². The highest BCUT2D eigenvalue weighted by atomic mass is 16.6. The monoisotopic (exact) mass is 412 g/mol. The van der Waals surface area contributed by atoms with Gasteiger partial charge in [-0.3, -0.25) is 9.59 Å². The van der Waals surface area contributed by atoms with Crippen LogP contribution in [0.5, 0.6) is 0 Å². The smallest absolute Gasteiger partial charge is 0.407 e. The maximum Gasteiger partial charge on any atom is 0.407 e. The van der Waals surface area contributed by atoms with Crippen LogP contribution in [0.1, 0.15) is 43.1 Å². The fourth-order valence-electron chi connectivity index (χ4n) is 2.49. The molecule has 2 aromatic rings. The molecule has 0 spiro atoms. The predicted octanol–water partition coefficient (Wildman–Crippen LogP) is 3.05. The van der Waals surface area contributed by atoms with Crippen LogP contribution >= 0.6 is 0 Å². The molecule has 0 heterocycles. The second-order valence-corrected chi connectivity index (χ2v) is 7.73. The second-order valence-electron chi connectivity index (χ2n) is 7.73. The first-order valence-corrected chi connectivity index (χ1v) is 9.62. The van der Waals surface area contributed by atoms with Crippen LogP contribution in [0.15, 0.2) is 48.5 Å². The molecule has 0 bridgehead atoms. The van der Waals surface area contributed by atoms with E-state index in [0.717, 1.165) is 5.56 Å². The Bertz CT molecular complexity index is 889. The van der Waals surface area contributed by atoms with Crippen LogP contribution < -0.4 is 21.7 Å². The van der Waals surface area contributed by atoms with Gasteiger partial charge in [-0.05, 0) is 62.7 Å². The molecular weight excluding hydrogens is 384 g/mol. The number of anilines is 2. The van der Waals surface area contributed by atoms with Crippen LogP contribution in [-0.4, -0.2) is 30.1 Å². The Hall–Kier alpha value is -3.55. The van der Waals surface area contributed by atoms with Gasteiger partial charge in [0.25, 0.3) is 5.91 Å². The zero-order valence-corrected chi connectivity index (χ0v) is 17.5. The molecule has 8 nitrogen and oxygen atoms in total. The van der Waals surface area contributed by atoms with Crippen LogP contribution in [0.4, 0.5) is 16.2 Å². The van der Waals surface area contributed by atoms with E-state index >= 15 is 0 Å². The number of hydrogen-bond acceptors (Lipinski definition) is 5. The molecule has 0 atom stereocenters. The Morgan fingerprint density at radius 2 is 1.70 bits per heavy atom. The van der Waals surface area contributed by atoms with E-state index in [0.29, 0.717) is 23.5 Å². The van der Waals surface area contributed by atoms with Crippen molar-refractivity contribution in [2.75, 3.05) is 17.6 Å². The zero-order chi connectivity index (χ0) is 22.1. The standard InChI is InChI=1S/C22H28N4O4/c1-22(2,3)30-21(29)24-12-11-19(27)26-18-6-4-5-15(13-18)14-25-20(28)16-7-9-17(23)10-8-16/h4-10,13H,11-12,14,23H2,1-3H3,(H,24,29)(H,25,28)(H,26,27). The summed E-state index contributed by atoms with van der Waals surface area (Å²) in [6.45, 7) is 5.78. The Morgan fingerprint density at radius 3 is 2.37 bits per heavy atom. The first-order chi connectivity index (χ1) is 14.1. The first kappa shape index (κ1) is 22.7. The highest BCUT2D eigenvalue weighted by Crippen LogP contribution is 2.12. The van der Waals surface area contributed by atoms with Crippen molar-refractivity contribution in [2.45, 2.75) is 39.3 Å². The van der Waals surface area contributed by atoms with E-state index in [1.165, 1.54) is 0 Å². The SMILES string of the molecule is CC(C)(C)OC(=O)NCCC(=O)Nc1cccc(CNC(=O)c2ccc(N)cc2)c1. The summed E-state index contributed by atoms with van der Waals surface area (Å²) in [6, 6.07) is 13.8. The van der Waals surface area contributed by atoms with Crippen molar-refractivity contribution in [1.29, 1.82) is 0 Å². The highest BCUT2D eigenvalue weighted by molar-refractivity contribution is 5.94. The fourth-order valence-corrected chi connectivity index (χ4v) is 2.49. The first-order valence-electron chi connectivity index (χ1n) is 9.62. The minimum Gasteiger partial charge on any atom is -0.444 e. The second kappa shape index (κ2) is 10.3. The van der Waals surface area contributed by atoms with Crippen molar-refractivity contribution in [1.82, 2.24) is 10.6 Å². The number of amides is 3. The molecule has 0 aliphatic heterocycles. The molecule has 0 saturated heterocycles. The van der Waals surface area contributed by atoms with Crippen LogP contribution in [0, 0.1) is 0 Å². The molecule has 5 N–H and O–H groups in total. The van der Waals surface area contributed by atoms with E-state index in [4.69, 9.17) is 10.5 Å². The average Bonchev–Trinajstić information content (AvgIpc) is 2.65. The fraction of sp³-hybridized carbons (Fsp3) is 0.318. The molecule has 3 amide bonds. The molecule has 0 aliphatic carbocycles. The topological polar surface area (TPSA) is 123 Å². The van der Waals surface area contributed by atoms with Crippen LogP contribution in [0.2, 0.25) is 0 Å². The number of ether oxygens (including phenoxy) is 1. The van der Waals surface area contributed by atoms with E-state index in [1.807, 2.05) is 6.07 Å². The van der Waals surface area contributed by atoms with Gasteiger partial charge in [0, 0.05) is 36.4 Å². The van der Waals surface area contributed by atoms with Gasteiger partial charge in [-0.2, -0.15) is 0 Å². The molecule has 2 rings (SSSR count). The molecular formula is C22H28N4O4. The van der Waals surface area contributed by atoms with Gasteiger partial charge < -0.3 is 26.4 Å². The molecule has 0 aromatic heterocycles. The zero-order valence-electron chi connectivity index (χ0n) is 17.5. The molecule has 160 valence electrons. The Labute approximate surface area is 176 Å². The Kier molecular flexibility index (Phi) is 7.80. The van der Waals surface area contributed by atoms with Crippen molar-refractivity contribution >= 4 is 29.3 Å². The third-order valence-corrected chi connectivity index (χ3v) is 3.86. The number of carbonyl (C=O) groups excluding carboxylic acids is 3. The molecule has 0 radical (unpaired) electrons. The summed E-state index contributed by atoms with van der Waals surface area (Å²) in [5, 5.41) is 8.14. The van der Waals surface area contributed by atoms with E-state index in [2.05, 4.69) is 16.0 Å². The van der Waals surface area contributed by atoms with Gasteiger partial charge in [0.05, 0.1) is 0 Å². The Balaban J connectivity index is 1.79. The summed E-state index contributed by atoms with van der Waals surface area (Å²) in [6.07, 6.45) is -0.453. The largest absolute Gasteiger partial charge is 0.444 e. The maximum absolute atomic E-state index is 12.2. The van der Waals surface area contributed by atoms with Crippen LogP contribution in [0.25, 0.3) is 0 Å². The average molecular weight is 412 g/mol. The summed E-state index contributed by atoms with van der Waals surface area (Å²) in [5.41, 5.74) is 7.60. The van der Waals surface area contributed by atoms with E-state index in [9.17, 15) is 14.4 Å². The van der Waals surface area contributed by atoms with Crippen LogP contribution in [-0.2, 0) is 16.1 Å². The lowest BCUT2D eigenvalue weighted by Gasteiger charge is -2.19. The van der Waals surface area contributed by atoms with E-state index in [1.54, 1.807) is 63.2 Å². The number of rotatable bonds is 7. The van der Waals surface area contributed by atoms with E-state index < -0.39 is 11.7 Å². The molecule has 0 fully saturated rings. The number of nitrogens with two attached hydrogens (primary N) is 1. The normalized spacial score (nSPS) is 10.8. The molecule has 0 unspecified atom stereocenters. The molecule has 0 saturated carbocycles. The minimum absolute atomic E-state index is 0.108.